The van der Waals surface area contributed by atoms with E-state index in [1.807, 2.05) is 6.92 Å². The van der Waals surface area contributed by atoms with Crippen LogP contribution in [0.5, 0.6) is 5.75 Å². The topological polar surface area (TPSA) is 9.23 Å². The molecule has 0 aliphatic heterocycles. The fourth-order valence-electron chi connectivity index (χ4n) is 4.00. The van der Waals surface area contributed by atoms with Gasteiger partial charge in [-0.25, -0.2) is 8.78 Å². The van der Waals surface area contributed by atoms with Gasteiger partial charge in [0, 0.05) is 22.3 Å². The molecule has 0 radical (unpaired) electrons. The van der Waals surface area contributed by atoms with E-state index >= 15 is 0 Å². The monoisotopic (exact) mass is 436 g/mol. The molecule has 1 fully saturated rings. The first-order valence-corrected chi connectivity index (χ1v) is 10.5. The van der Waals surface area contributed by atoms with Gasteiger partial charge in [-0.05, 0) is 63.5 Å². The van der Waals surface area contributed by atoms with E-state index in [9.17, 15) is 22.0 Å². The van der Waals surface area contributed by atoms with Gasteiger partial charge in [0.25, 0.3) is 0 Å². The number of hydrogen-bond donors (Lipinski definition) is 0. The molecule has 1 nitrogen and oxygen atoms in total. The van der Waals surface area contributed by atoms with Crippen molar-refractivity contribution < 1.29 is 26.7 Å². The first-order chi connectivity index (χ1) is 14.8. The number of hydrogen-bond acceptors (Lipinski definition) is 1. The summed E-state index contributed by atoms with van der Waals surface area (Å²) >= 11 is 0. The zero-order valence-electron chi connectivity index (χ0n) is 17.4. The molecule has 0 N–H and O–H groups in total. The van der Waals surface area contributed by atoms with Gasteiger partial charge >= 0.3 is 6.18 Å². The molecule has 1 aliphatic rings. The third-order valence-corrected chi connectivity index (χ3v) is 5.65. The van der Waals surface area contributed by atoms with Crippen LogP contribution in [0.2, 0.25) is 0 Å². The maximum absolute atomic E-state index is 14.7. The number of ether oxygens (including phenoxy) is 1. The predicted octanol–water partition coefficient (Wildman–Crippen LogP) is 7.57. The highest BCUT2D eigenvalue weighted by Gasteiger charge is 2.30. The van der Waals surface area contributed by atoms with Crippen molar-refractivity contribution in [3.05, 3.63) is 53.6 Å². The Kier molecular flexibility index (Phi) is 7.59. The van der Waals surface area contributed by atoms with Gasteiger partial charge < -0.3 is 4.74 Å². The Labute approximate surface area is 179 Å². The van der Waals surface area contributed by atoms with Crippen molar-refractivity contribution in [3.63, 3.8) is 0 Å². The number of benzene rings is 2. The van der Waals surface area contributed by atoms with Gasteiger partial charge in [0.2, 0.25) is 0 Å². The summed E-state index contributed by atoms with van der Waals surface area (Å²) < 4.78 is 70.5. The summed E-state index contributed by atoms with van der Waals surface area (Å²) in [7, 11) is 0. The molecule has 0 spiro atoms. The lowest BCUT2D eigenvalue weighted by Crippen LogP contribution is -2.20. The molecular formula is C25H25F5O. The molecule has 0 atom stereocenters. The molecule has 1 saturated carbocycles. The van der Waals surface area contributed by atoms with Crippen LogP contribution in [0.15, 0.2) is 36.4 Å². The molecule has 0 saturated heterocycles. The van der Waals surface area contributed by atoms with Crippen molar-refractivity contribution in [2.24, 2.45) is 11.8 Å². The van der Waals surface area contributed by atoms with Gasteiger partial charge in [-0.1, -0.05) is 36.1 Å². The van der Waals surface area contributed by atoms with Gasteiger partial charge in [0.15, 0.2) is 24.0 Å². The summed E-state index contributed by atoms with van der Waals surface area (Å²) in [5, 5.41) is 0.211. The van der Waals surface area contributed by atoms with Crippen LogP contribution in [0.3, 0.4) is 0 Å². The molecule has 2 aromatic carbocycles. The number of rotatable bonds is 5. The van der Waals surface area contributed by atoms with E-state index in [0.717, 1.165) is 38.2 Å². The SMILES string of the molecule is C/C=C/CCC1CCC(C#Cc2cccc3c(F)c(OCC(F)(F)F)c(F)cc23)CC1. The maximum Gasteiger partial charge on any atom is 0.422 e. The van der Waals surface area contributed by atoms with Crippen molar-refractivity contribution >= 4 is 10.8 Å². The highest BCUT2D eigenvalue weighted by atomic mass is 19.4. The van der Waals surface area contributed by atoms with E-state index in [1.54, 1.807) is 12.1 Å². The molecule has 3 rings (SSSR count). The summed E-state index contributed by atoms with van der Waals surface area (Å²) in [5.74, 6) is 3.87. The number of halogens is 5. The summed E-state index contributed by atoms with van der Waals surface area (Å²) in [4.78, 5) is 0. The highest BCUT2D eigenvalue weighted by Crippen LogP contribution is 2.34. The Bertz CT molecular complexity index is 989. The number of fused-ring (bicyclic) bond motifs is 1. The minimum Gasteiger partial charge on any atom is -0.478 e. The number of alkyl halides is 3. The van der Waals surface area contributed by atoms with Crippen LogP contribution in [0.25, 0.3) is 10.8 Å². The lowest BCUT2D eigenvalue weighted by Gasteiger charge is -2.25. The molecule has 6 heteroatoms. The normalized spacial score (nSPS) is 19.4. The Hall–Kier alpha value is -2.55. The predicted molar refractivity (Wildman–Crippen MR) is 112 cm³/mol. The van der Waals surface area contributed by atoms with Crippen LogP contribution in [0.4, 0.5) is 22.0 Å². The standard InChI is InChI=1S/C25H25F5O/c1-2-3-4-6-17-9-11-18(12-10-17)13-14-19-7-5-8-20-21(19)15-22(26)24(23(20)27)31-16-25(28,29)30/h2-3,5,7-8,15,17-18H,4,6,9-12,16H2,1H3/b3-2+. The largest absolute Gasteiger partial charge is 0.478 e. The summed E-state index contributed by atoms with van der Waals surface area (Å²) in [6, 6.07) is 5.59. The fraction of sp³-hybridized carbons (Fsp3) is 0.440. The zero-order chi connectivity index (χ0) is 22.4. The molecule has 0 heterocycles. The van der Waals surface area contributed by atoms with Crippen molar-refractivity contribution in [1.29, 1.82) is 0 Å². The van der Waals surface area contributed by atoms with Crippen LogP contribution < -0.4 is 4.74 Å². The molecule has 31 heavy (non-hydrogen) atoms. The second kappa shape index (κ2) is 10.2. The minimum atomic E-state index is -4.69. The van der Waals surface area contributed by atoms with Crippen molar-refractivity contribution in [1.82, 2.24) is 0 Å². The van der Waals surface area contributed by atoms with E-state index in [2.05, 4.69) is 28.7 Å². The highest BCUT2D eigenvalue weighted by molar-refractivity contribution is 5.90. The average molecular weight is 436 g/mol. The Morgan fingerprint density at radius 3 is 2.52 bits per heavy atom. The maximum atomic E-state index is 14.7. The second-order valence-corrected chi connectivity index (χ2v) is 7.94. The fourth-order valence-corrected chi connectivity index (χ4v) is 4.00. The van der Waals surface area contributed by atoms with Crippen molar-refractivity contribution in [2.75, 3.05) is 6.61 Å². The van der Waals surface area contributed by atoms with Gasteiger partial charge in [0.05, 0.1) is 0 Å². The Morgan fingerprint density at radius 1 is 1.10 bits per heavy atom. The molecule has 0 unspecified atom stereocenters. The molecular weight excluding hydrogens is 411 g/mol. The third-order valence-electron chi connectivity index (χ3n) is 5.65. The molecule has 2 aromatic rings. The first kappa shape index (κ1) is 23.1. The van der Waals surface area contributed by atoms with Gasteiger partial charge in [-0.3, -0.25) is 0 Å². The summed E-state index contributed by atoms with van der Waals surface area (Å²) in [5.41, 5.74) is 0.452. The van der Waals surface area contributed by atoms with E-state index in [1.165, 1.54) is 12.5 Å². The molecule has 0 bridgehead atoms. The molecule has 0 aromatic heterocycles. The van der Waals surface area contributed by atoms with Crippen LogP contribution in [0.1, 0.15) is 51.0 Å². The van der Waals surface area contributed by atoms with Crippen molar-refractivity contribution in [3.8, 4) is 17.6 Å². The first-order valence-electron chi connectivity index (χ1n) is 10.5. The number of allylic oxidation sites excluding steroid dienone is 2. The lowest BCUT2D eigenvalue weighted by atomic mass is 9.80. The van der Waals surface area contributed by atoms with Crippen LogP contribution in [0, 0.1) is 35.3 Å². The van der Waals surface area contributed by atoms with Crippen LogP contribution >= 0.6 is 0 Å². The summed E-state index contributed by atoms with van der Waals surface area (Å²) in [6.07, 6.45) is 6.08. The smallest absolute Gasteiger partial charge is 0.422 e. The molecule has 1 aliphatic carbocycles. The van der Waals surface area contributed by atoms with E-state index in [-0.39, 0.29) is 16.7 Å². The third kappa shape index (κ3) is 6.22. The van der Waals surface area contributed by atoms with Gasteiger partial charge in [0.1, 0.15) is 0 Å². The Balaban J connectivity index is 1.76. The quantitative estimate of drug-likeness (QED) is 0.267. The molecule has 166 valence electrons. The average Bonchev–Trinajstić information content (AvgIpc) is 2.72. The van der Waals surface area contributed by atoms with Crippen molar-refractivity contribution in [2.45, 2.75) is 51.6 Å². The van der Waals surface area contributed by atoms with Crippen LogP contribution in [-0.2, 0) is 0 Å². The van der Waals surface area contributed by atoms with E-state index in [4.69, 9.17) is 0 Å². The van der Waals surface area contributed by atoms with Gasteiger partial charge in [-0.2, -0.15) is 13.2 Å². The summed E-state index contributed by atoms with van der Waals surface area (Å²) in [6.45, 7) is 0.261. The minimum absolute atomic E-state index is 0.0157. The zero-order valence-corrected chi connectivity index (χ0v) is 17.4. The second-order valence-electron chi connectivity index (χ2n) is 7.94. The van der Waals surface area contributed by atoms with Gasteiger partial charge in [-0.15, -0.1) is 0 Å². The molecule has 0 amide bonds. The lowest BCUT2D eigenvalue weighted by molar-refractivity contribution is -0.154. The van der Waals surface area contributed by atoms with E-state index in [0.29, 0.717) is 11.5 Å². The Morgan fingerprint density at radius 2 is 1.84 bits per heavy atom. The van der Waals surface area contributed by atoms with E-state index < -0.39 is 30.2 Å². The van der Waals surface area contributed by atoms with Crippen LogP contribution in [-0.4, -0.2) is 12.8 Å².